The molecular weight excluding hydrogens is 332 g/mol. The van der Waals surface area contributed by atoms with E-state index in [0.717, 1.165) is 52.0 Å². The van der Waals surface area contributed by atoms with Crippen LogP contribution in [-0.2, 0) is 5.75 Å². The smallest absolute Gasteiger partial charge is 0.251 e. The van der Waals surface area contributed by atoms with Crippen molar-refractivity contribution in [3.8, 4) is 0 Å². The lowest BCUT2D eigenvalue weighted by Gasteiger charge is -2.16. The summed E-state index contributed by atoms with van der Waals surface area (Å²) in [4.78, 5) is 23.3. The van der Waals surface area contributed by atoms with Gasteiger partial charge in [0, 0.05) is 42.7 Å². The van der Waals surface area contributed by atoms with E-state index in [1.165, 1.54) is 0 Å². The molecule has 1 aromatic carbocycles. The van der Waals surface area contributed by atoms with E-state index in [0.29, 0.717) is 6.04 Å². The van der Waals surface area contributed by atoms with E-state index in [-0.39, 0.29) is 5.91 Å². The van der Waals surface area contributed by atoms with Crippen molar-refractivity contribution < 1.29 is 4.79 Å². The Morgan fingerprint density at radius 2 is 1.88 bits per heavy atom. The molecule has 6 heteroatoms. The van der Waals surface area contributed by atoms with Gasteiger partial charge in [0.2, 0.25) is 0 Å². The minimum absolute atomic E-state index is 0.0230. The van der Waals surface area contributed by atoms with E-state index in [4.69, 9.17) is 0 Å². The number of benzene rings is 1. The van der Waals surface area contributed by atoms with E-state index in [1.54, 1.807) is 11.8 Å². The molecule has 1 aromatic heterocycles. The number of thioether (sulfide) groups is 1. The first-order chi connectivity index (χ1) is 11.9. The Hall–Kier alpha value is -2.08. The zero-order valence-electron chi connectivity index (χ0n) is 15.2. The molecule has 2 aromatic rings. The molecule has 0 bridgehead atoms. The van der Waals surface area contributed by atoms with Crippen LogP contribution in [0.4, 0.5) is 5.82 Å². The molecule has 132 valence electrons. The summed E-state index contributed by atoms with van der Waals surface area (Å²) in [6, 6.07) is 8.17. The molecule has 0 saturated heterocycles. The maximum atomic E-state index is 12.0. The molecule has 0 atom stereocenters. The highest BCUT2D eigenvalue weighted by Crippen LogP contribution is 2.25. The highest BCUT2D eigenvalue weighted by atomic mass is 32.2. The summed E-state index contributed by atoms with van der Waals surface area (Å²) >= 11 is 1.61. The quantitative estimate of drug-likeness (QED) is 0.635. The molecule has 1 heterocycles. The monoisotopic (exact) mass is 356 g/mol. The van der Waals surface area contributed by atoms with Crippen molar-refractivity contribution in [1.82, 2.24) is 15.3 Å². The number of hydrogen-bond donors (Lipinski definition) is 1. The van der Waals surface area contributed by atoms with E-state index in [9.17, 15) is 4.79 Å². The minimum atomic E-state index is 0.0230. The molecule has 0 aliphatic heterocycles. The number of anilines is 1. The van der Waals surface area contributed by atoms with Gasteiger partial charge in [-0.15, -0.1) is 0 Å². The maximum Gasteiger partial charge on any atom is 0.251 e. The van der Waals surface area contributed by atoms with Crippen LogP contribution in [0.2, 0.25) is 0 Å². The topological polar surface area (TPSA) is 58.1 Å². The van der Waals surface area contributed by atoms with E-state index in [1.807, 2.05) is 57.1 Å². The number of nitrogens with zero attached hydrogens (tertiary/aromatic N) is 3. The zero-order valence-corrected chi connectivity index (χ0v) is 16.0. The molecule has 3 rings (SSSR count). The van der Waals surface area contributed by atoms with Gasteiger partial charge in [-0.25, -0.2) is 9.97 Å². The molecule has 0 radical (unpaired) electrons. The maximum absolute atomic E-state index is 12.0. The molecule has 1 amide bonds. The number of carbonyl (C=O) groups is 1. The van der Waals surface area contributed by atoms with Crippen molar-refractivity contribution in [3.63, 3.8) is 0 Å². The molecule has 0 spiro atoms. The Kier molecular flexibility index (Phi) is 5.27. The number of aromatic nitrogens is 2. The Balaban J connectivity index is 1.64. The summed E-state index contributed by atoms with van der Waals surface area (Å²) in [7, 11) is 3.99. The summed E-state index contributed by atoms with van der Waals surface area (Å²) in [5.41, 5.74) is 3.99. The fourth-order valence-corrected chi connectivity index (χ4v) is 3.33. The van der Waals surface area contributed by atoms with Gasteiger partial charge in [0.25, 0.3) is 5.91 Å². The van der Waals surface area contributed by atoms with Gasteiger partial charge in [-0.1, -0.05) is 23.9 Å². The first kappa shape index (κ1) is 17.7. The number of aryl methyl sites for hydroxylation is 1. The highest BCUT2D eigenvalue weighted by molar-refractivity contribution is 7.98. The summed E-state index contributed by atoms with van der Waals surface area (Å²) in [5.74, 6) is 1.76. The molecule has 5 nitrogen and oxygen atoms in total. The highest BCUT2D eigenvalue weighted by Gasteiger charge is 2.23. The number of hydrogen-bond acceptors (Lipinski definition) is 5. The second-order valence-corrected chi connectivity index (χ2v) is 7.61. The third kappa shape index (κ3) is 4.51. The van der Waals surface area contributed by atoms with Crippen LogP contribution in [0.1, 0.15) is 40.0 Å². The molecular formula is C19H24N4OS. The van der Waals surface area contributed by atoms with E-state index < -0.39 is 0 Å². The average molecular weight is 356 g/mol. The van der Waals surface area contributed by atoms with Gasteiger partial charge in [0.1, 0.15) is 5.82 Å². The fraction of sp³-hybridized carbons (Fsp3) is 0.421. The van der Waals surface area contributed by atoms with Gasteiger partial charge >= 0.3 is 0 Å². The van der Waals surface area contributed by atoms with Crippen LogP contribution in [0.15, 0.2) is 29.4 Å². The summed E-state index contributed by atoms with van der Waals surface area (Å²) in [5, 5.41) is 3.79. The zero-order chi connectivity index (χ0) is 18.0. The number of carbonyl (C=O) groups excluding carboxylic acids is 1. The predicted octanol–water partition coefficient (Wildman–Crippen LogP) is 3.34. The minimum Gasteiger partial charge on any atom is -0.362 e. The summed E-state index contributed by atoms with van der Waals surface area (Å²) < 4.78 is 0. The van der Waals surface area contributed by atoms with Gasteiger partial charge in [-0.05, 0) is 44.4 Å². The van der Waals surface area contributed by atoms with Gasteiger partial charge in [-0.2, -0.15) is 0 Å². The van der Waals surface area contributed by atoms with Crippen LogP contribution in [-0.4, -0.2) is 36.0 Å². The number of nitrogens with one attached hydrogen (secondary N) is 1. The lowest BCUT2D eigenvalue weighted by Crippen LogP contribution is -2.25. The van der Waals surface area contributed by atoms with Crippen LogP contribution >= 0.6 is 11.8 Å². The van der Waals surface area contributed by atoms with Crippen molar-refractivity contribution >= 4 is 23.5 Å². The third-order valence-electron chi connectivity index (χ3n) is 4.26. The Morgan fingerprint density at radius 1 is 1.20 bits per heavy atom. The van der Waals surface area contributed by atoms with E-state index >= 15 is 0 Å². The average Bonchev–Trinajstić information content (AvgIpc) is 3.40. The molecule has 1 fully saturated rings. The van der Waals surface area contributed by atoms with Crippen molar-refractivity contribution in [2.45, 2.75) is 43.6 Å². The Labute approximate surface area is 153 Å². The van der Waals surface area contributed by atoms with E-state index in [2.05, 4.69) is 15.3 Å². The SMILES string of the molecule is Cc1nc(SCc2ccc(C(=O)NC3CC3)cc2)nc(N(C)C)c1C. The lowest BCUT2D eigenvalue weighted by atomic mass is 10.1. The first-order valence-corrected chi connectivity index (χ1v) is 9.48. The lowest BCUT2D eigenvalue weighted by molar-refractivity contribution is 0.0951. The van der Waals surface area contributed by atoms with Crippen molar-refractivity contribution in [3.05, 3.63) is 46.6 Å². The standard InChI is InChI=1S/C19H24N4OS/c1-12-13(2)20-19(22-17(12)23(3)4)25-11-14-5-7-15(8-6-14)18(24)21-16-9-10-16/h5-8,16H,9-11H2,1-4H3,(H,21,24). The summed E-state index contributed by atoms with van der Waals surface area (Å²) in [6.07, 6.45) is 2.21. The Morgan fingerprint density at radius 3 is 2.48 bits per heavy atom. The van der Waals surface area contributed by atoms with Crippen LogP contribution in [0, 0.1) is 13.8 Å². The van der Waals surface area contributed by atoms with Crippen molar-refractivity contribution in [2.24, 2.45) is 0 Å². The van der Waals surface area contributed by atoms with Crippen molar-refractivity contribution in [2.75, 3.05) is 19.0 Å². The van der Waals surface area contributed by atoms with Gasteiger partial charge in [-0.3, -0.25) is 4.79 Å². The fourth-order valence-electron chi connectivity index (χ4n) is 2.49. The molecule has 25 heavy (non-hydrogen) atoms. The van der Waals surface area contributed by atoms with Crippen LogP contribution in [0.3, 0.4) is 0 Å². The predicted molar refractivity (Wildman–Crippen MR) is 102 cm³/mol. The molecule has 1 aliphatic rings. The van der Waals surface area contributed by atoms with Gasteiger partial charge in [0.05, 0.1) is 0 Å². The third-order valence-corrected chi connectivity index (χ3v) is 5.18. The first-order valence-electron chi connectivity index (χ1n) is 8.49. The van der Waals surface area contributed by atoms with Crippen LogP contribution in [0.5, 0.6) is 0 Å². The van der Waals surface area contributed by atoms with Crippen LogP contribution in [0.25, 0.3) is 0 Å². The van der Waals surface area contributed by atoms with Crippen LogP contribution < -0.4 is 10.2 Å². The second-order valence-electron chi connectivity index (χ2n) is 6.67. The number of amides is 1. The molecule has 1 aliphatic carbocycles. The van der Waals surface area contributed by atoms with Gasteiger partial charge < -0.3 is 10.2 Å². The normalized spacial score (nSPS) is 13.6. The van der Waals surface area contributed by atoms with Gasteiger partial charge in [0.15, 0.2) is 5.16 Å². The van der Waals surface area contributed by atoms with Crippen molar-refractivity contribution in [1.29, 1.82) is 0 Å². The summed E-state index contributed by atoms with van der Waals surface area (Å²) in [6.45, 7) is 4.06. The molecule has 1 saturated carbocycles. The number of rotatable bonds is 6. The molecule has 1 N–H and O–H groups in total. The largest absolute Gasteiger partial charge is 0.362 e. The molecule has 0 unspecified atom stereocenters. The second kappa shape index (κ2) is 7.44. The Bertz CT molecular complexity index is 770.